The van der Waals surface area contributed by atoms with Crippen LogP contribution in [0.25, 0.3) is 0 Å². The number of halogens is 1. The Labute approximate surface area is 135 Å². The van der Waals surface area contributed by atoms with Crippen LogP contribution in [0.15, 0.2) is 29.0 Å². The number of hydrogen-bond donors (Lipinski definition) is 1. The quantitative estimate of drug-likeness (QED) is 0.824. The second-order valence-corrected chi connectivity index (χ2v) is 6.02. The van der Waals surface area contributed by atoms with Gasteiger partial charge in [0.05, 0.1) is 22.4 Å². The molecule has 4 nitrogen and oxygen atoms in total. The summed E-state index contributed by atoms with van der Waals surface area (Å²) in [6, 6.07) is 4.25. The van der Waals surface area contributed by atoms with E-state index in [0.29, 0.717) is 0 Å². The predicted molar refractivity (Wildman–Crippen MR) is 89.3 cm³/mol. The average Bonchev–Trinajstić information content (AvgIpc) is 2.83. The molecule has 2 aromatic rings. The van der Waals surface area contributed by atoms with E-state index in [4.69, 9.17) is 0 Å². The van der Waals surface area contributed by atoms with E-state index in [9.17, 15) is 0 Å². The molecule has 2 heterocycles. The van der Waals surface area contributed by atoms with Crippen LogP contribution in [-0.4, -0.2) is 21.3 Å². The first kappa shape index (κ1) is 16.2. The van der Waals surface area contributed by atoms with Gasteiger partial charge in [-0.25, -0.2) is 0 Å². The Morgan fingerprint density at radius 3 is 2.81 bits per heavy atom. The maximum atomic E-state index is 4.50. The molecular formula is C16H23BrN4. The molecule has 5 heteroatoms. The number of aryl methyl sites for hydroxylation is 2. The monoisotopic (exact) mass is 350 g/mol. The highest BCUT2D eigenvalue weighted by molar-refractivity contribution is 9.10. The van der Waals surface area contributed by atoms with Crippen molar-refractivity contribution >= 4 is 15.9 Å². The number of rotatable bonds is 7. The molecule has 1 N–H and O–H groups in total. The van der Waals surface area contributed by atoms with Gasteiger partial charge < -0.3 is 5.32 Å². The third-order valence-electron chi connectivity index (χ3n) is 3.50. The summed E-state index contributed by atoms with van der Waals surface area (Å²) in [4.78, 5) is 4.44. The molecule has 0 saturated heterocycles. The van der Waals surface area contributed by atoms with Gasteiger partial charge >= 0.3 is 0 Å². The van der Waals surface area contributed by atoms with E-state index in [1.54, 1.807) is 0 Å². The zero-order chi connectivity index (χ0) is 15.2. The molecule has 1 unspecified atom stereocenters. The van der Waals surface area contributed by atoms with Gasteiger partial charge in [-0.15, -0.1) is 0 Å². The zero-order valence-corrected chi connectivity index (χ0v) is 14.5. The lowest BCUT2D eigenvalue weighted by Gasteiger charge is -2.22. The van der Waals surface area contributed by atoms with E-state index in [-0.39, 0.29) is 6.04 Å². The Morgan fingerprint density at radius 1 is 1.33 bits per heavy atom. The standard InChI is InChI=1S/C16H23BrN4/c1-4-8-19-15(13-7-6-9-18-12(13)3)16-14(17)11-20-21(16)10-5-2/h6-7,9,11,15,19H,4-5,8,10H2,1-3H3. The fourth-order valence-corrected chi connectivity index (χ4v) is 3.02. The van der Waals surface area contributed by atoms with Gasteiger partial charge in [0.1, 0.15) is 0 Å². The predicted octanol–water partition coefficient (Wildman–Crippen LogP) is 3.85. The SMILES string of the molecule is CCCNC(c1cccnc1C)c1c(Br)cnn1CCC. The third-order valence-corrected chi connectivity index (χ3v) is 4.11. The number of nitrogens with one attached hydrogen (secondary N) is 1. The van der Waals surface area contributed by atoms with Crippen LogP contribution in [0.1, 0.15) is 49.7 Å². The second-order valence-electron chi connectivity index (χ2n) is 5.17. The van der Waals surface area contributed by atoms with Gasteiger partial charge in [0.2, 0.25) is 0 Å². The molecule has 114 valence electrons. The van der Waals surface area contributed by atoms with Gasteiger partial charge in [-0.1, -0.05) is 19.9 Å². The molecule has 0 bridgehead atoms. The van der Waals surface area contributed by atoms with Gasteiger partial charge in [0.25, 0.3) is 0 Å². The Hall–Kier alpha value is -1.20. The van der Waals surface area contributed by atoms with Crippen LogP contribution in [0.5, 0.6) is 0 Å². The van der Waals surface area contributed by atoms with Crippen molar-refractivity contribution in [1.82, 2.24) is 20.1 Å². The molecule has 0 aromatic carbocycles. The Morgan fingerprint density at radius 2 is 2.14 bits per heavy atom. The van der Waals surface area contributed by atoms with Crippen molar-refractivity contribution in [2.24, 2.45) is 0 Å². The highest BCUT2D eigenvalue weighted by Gasteiger charge is 2.22. The number of hydrogen-bond acceptors (Lipinski definition) is 3. The van der Waals surface area contributed by atoms with Crippen LogP contribution >= 0.6 is 15.9 Å². The van der Waals surface area contributed by atoms with Crippen molar-refractivity contribution in [1.29, 1.82) is 0 Å². The highest BCUT2D eigenvalue weighted by Crippen LogP contribution is 2.30. The lowest BCUT2D eigenvalue weighted by Crippen LogP contribution is -2.27. The van der Waals surface area contributed by atoms with E-state index >= 15 is 0 Å². The maximum Gasteiger partial charge on any atom is 0.0777 e. The summed E-state index contributed by atoms with van der Waals surface area (Å²) in [7, 11) is 0. The second kappa shape index (κ2) is 7.71. The third kappa shape index (κ3) is 3.71. The average molecular weight is 351 g/mol. The molecule has 0 spiro atoms. The van der Waals surface area contributed by atoms with E-state index < -0.39 is 0 Å². The summed E-state index contributed by atoms with van der Waals surface area (Å²) >= 11 is 3.66. The molecule has 0 aliphatic rings. The molecule has 0 aliphatic heterocycles. The normalized spacial score (nSPS) is 12.6. The smallest absolute Gasteiger partial charge is 0.0777 e. The van der Waals surface area contributed by atoms with Gasteiger partial charge in [0, 0.05) is 18.4 Å². The number of pyridine rings is 1. The lowest BCUT2D eigenvalue weighted by atomic mass is 10.0. The van der Waals surface area contributed by atoms with E-state index in [0.717, 1.165) is 36.1 Å². The lowest BCUT2D eigenvalue weighted by molar-refractivity contribution is 0.508. The molecule has 2 rings (SSSR count). The zero-order valence-electron chi connectivity index (χ0n) is 12.9. The minimum Gasteiger partial charge on any atom is -0.305 e. The highest BCUT2D eigenvalue weighted by atomic mass is 79.9. The van der Waals surface area contributed by atoms with Gasteiger partial charge in [0.15, 0.2) is 0 Å². The minimum atomic E-state index is 0.113. The van der Waals surface area contributed by atoms with Crippen molar-refractivity contribution in [3.8, 4) is 0 Å². The van der Waals surface area contributed by atoms with Gasteiger partial charge in [-0.3, -0.25) is 9.67 Å². The fraction of sp³-hybridized carbons (Fsp3) is 0.500. The van der Waals surface area contributed by atoms with Crippen molar-refractivity contribution in [3.05, 3.63) is 46.0 Å². The first-order valence-corrected chi connectivity index (χ1v) is 8.34. The largest absolute Gasteiger partial charge is 0.305 e. The van der Waals surface area contributed by atoms with E-state index in [2.05, 4.69) is 62.8 Å². The summed E-state index contributed by atoms with van der Waals surface area (Å²) in [6.07, 6.45) is 5.88. The van der Waals surface area contributed by atoms with Crippen molar-refractivity contribution in [3.63, 3.8) is 0 Å². The minimum absolute atomic E-state index is 0.113. The van der Waals surface area contributed by atoms with Crippen LogP contribution in [0.3, 0.4) is 0 Å². The molecule has 0 radical (unpaired) electrons. The summed E-state index contributed by atoms with van der Waals surface area (Å²) < 4.78 is 3.14. The topological polar surface area (TPSA) is 42.7 Å². The van der Waals surface area contributed by atoms with Crippen LogP contribution in [-0.2, 0) is 6.54 Å². The van der Waals surface area contributed by atoms with Crippen LogP contribution in [0.4, 0.5) is 0 Å². The molecule has 0 fully saturated rings. The van der Waals surface area contributed by atoms with Gasteiger partial charge in [-0.05, 0) is 53.9 Å². The van der Waals surface area contributed by atoms with E-state index in [1.165, 1.54) is 11.3 Å². The first-order chi connectivity index (χ1) is 10.2. The Kier molecular flexibility index (Phi) is 5.94. The first-order valence-electron chi connectivity index (χ1n) is 7.55. The molecule has 1 atom stereocenters. The Bertz CT molecular complexity index is 579. The number of aromatic nitrogens is 3. The molecule has 0 saturated carbocycles. The molecule has 2 aromatic heterocycles. The number of nitrogens with zero attached hydrogens (tertiary/aromatic N) is 3. The van der Waals surface area contributed by atoms with Crippen LogP contribution in [0, 0.1) is 6.92 Å². The summed E-state index contributed by atoms with van der Waals surface area (Å²) in [5.41, 5.74) is 3.45. The summed E-state index contributed by atoms with van der Waals surface area (Å²) in [5.74, 6) is 0. The fourth-order valence-electron chi connectivity index (χ4n) is 2.49. The summed E-state index contributed by atoms with van der Waals surface area (Å²) in [5, 5.41) is 8.14. The maximum absolute atomic E-state index is 4.50. The molecule has 21 heavy (non-hydrogen) atoms. The molecular weight excluding hydrogens is 328 g/mol. The van der Waals surface area contributed by atoms with Crippen molar-refractivity contribution in [2.45, 2.75) is 46.2 Å². The van der Waals surface area contributed by atoms with Crippen LogP contribution < -0.4 is 5.32 Å². The van der Waals surface area contributed by atoms with E-state index in [1.807, 2.05) is 18.5 Å². The molecule has 0 aliphatic carbocycles. The Balaban J connectivity index is 2.45. The summed E-state index contributed by atoms with van der Waals surface area (Å²) in [6.45, 7) is 8.29. The van der Waals surface area contributed by atoms with Gasteiger partial charge in [-0.2, -0.15) is 5.10 Å². The molecule has 0 amide bonds. The van der Waals surface area contributed by atoms with Crippen molar-refractivity contribution in [2.75, 3.05) is 6.54 Å². The van der Waals surface area contributed by atoms with Crippen LogP contribution in [0.2, 0.25) is 0 Å². The van der Waals surface area contributed by atoms with Crippen molar-refractivity contribution < 1.29 is 0 Å².